The fourth-order valence-electron chi connectivity index (χ4n) is 3.14. The summed E-state index contributed by atoms with van der Waals surface area (Å²) >= 11 is 1.82. The van der Waals surface area contributed by atoms with Crippen molar-refractivity contribution in [1.82, 2.24) is 19.5 Å². The van der Waals surface area contributed by atoms with E-state index in [9.17, 15) is 0 Å². The second-order valence-electron chi connectivity index (χ2n) is 6.14. The van der Waals surface area contributed by atoms with E-state index >= 15 is 0 Å². The third-order valence-corrected chi connectivity index (χ3v) is 5.71. The van der Waals surface area contributed by atoms with Crippen molar-refractivity contribution in [2.75, 3.05) is 24.5 Å². The Labute approximate surface area is 155 Å². The number of benzene rings is 1. The third-order valence-electron chi connectivity index (χ3n) is 4.51. The predicted molar refractivity (Wildman–Crippen MR) is 98.8 cm³/mol. The van der Waals surface area contributed by atoms with Crippen molar-refractivity contribution < 1.29 is 9.47 Å². The Balaban J connectivity index is 1.61. The van der Waals surface area contributed by atoms with Crippen LogP contribution in [0, 0.1) is 0 Å². The van der Waals surface area contributed by atoms with Crippen LogP contribution in [0.1, 0.15) is 12.1 Å². The highest BCUT2D eigenvalue weighted by molar-refractivity contribution is 7.99. The molecule has 8 heteroatoms. The number of nitrogens with zero attached hydrogens (tertiary/aromatic N) is 5. The smallest absolute Gasteiger partial charge is 0.237 e. The van der Waals surface area contributed by atoms with Crippen LogP contribution in [0.25, 0.3) is 5.95 Å². The normalized spacial score (nSPS) is 15.0. The molecule has 7 nitrogen and oxygen atoms in total. The summed E-state index contributed by atoms with van der Waals surface area (Å²) in [7, 11) is 2.02. The second kappa shape index (κ2) is 6.21. The molecule has 0 saturated carbocycles. The van der Waals surface area contributed by atoms with Crippen LogP contribution in [0.4, 0.5) is 11.5 Å². The SMILES string of the molecule is CN(c1ccc2c(c1)OCO2)c1nc(-n2ccnc2)nc2c1SCCC2. The van der Waals surface area contributed by atoms with E-state index in [2.05, 4.69) is 9.88 Å². The minimum Gasteiger partial charge on any atom is -0.454 e. The maximum atomic E-state index is 5.52. The van der Waals surface area contributed by atoms with Crippen molar-refractivity contribution in [1.29, 1.82) is 0 Å². The molecule has 26 heavy (non-hydrogen) atoms. The molecule has 0 fully saturated rings. The van der Waals surface area contributed by atoms with E-state index in [1.54, 1.807) is 12.5 Å². The topological polar surface area (TPSA) is 65.3 Å². The molecule has 1 aromatic carbocycles. The molecular weight excluding hydrogens is 350 g/mol. The Bertz CT molecular complexity index is 960. The zero-order valence-corrected chi connectivity index (χ0v) is 15.1. The van der Waals surface area contributed by atoms with Crippen LogP contribution in [-0.4, -0.2) is 39.1 Å². The fraction of sp³-hybridized carbons (Fsp3) is 0.278. The van der Waals surface area contributed by atoms with Crippen LogP contribution >= 0.6 is 11.8 Å². The molecule has 2 aromatic heterocycles. The number of aryl methyl sites for hydroxylation is 1. The van der Waals surface area contributed by atoms with Crippen LogP contribution in [0.3, 0.4) is 0 Å². The van der Waals surface area contributed by atoms with Gasteiger partial charge in [-0.1, -0.05) is 0 Å². The summed E-state index contributed by atoms with van der Waals surface area (Å²) in [6.45, 7) is 0.270. The Morgan fingerprint density at radius 2 is 2.12 bits per heavy atom. The quantitative estimate of drug-likeness (QED) is 0.704. The number of aromatic nitrogens is 4. The molecular formula is C18H17N5O2S. The third kappa shape index (κ3) is 2.57. The van der Waals surface area contributed by atoms with Gasteiger partial charge in [0.25, 0.3) is 0 Å². The molecule has 0 saturated heterocycles. The highest BCUT2D eigenvalue weighted by atomic mass is 32.2. The van der Waals surface area contributed by atoms with Gasteiger partial charge in [-0.15, -0.1) is 11.8 Å². The van der Waals surface area contributed by atoms with Gasteiger partial charge < -0.3 is 14.4 Å². The van der Waals surface area contributed by atoms with E-state index in [0.717, 1.165) is 52.2 Å². The van der Waals surface area contributed by atoms with Gasteiger partial charge in [0, 0.05) is 31.2 Å². The largest absolute Gasteiger partial charge is 0.454 e. The first-order valence-electron chi connectivity index (χ1n) is 8.45. The molecule has 0 radical (unpaired) electrons. The maximum Gasteiger partial charge on any atom is 0.237 e. The van der Waals surface area contributed by atoms with Crippen molar-refractivity contribution in [3.8, 4) is 17.4 Å². The second-order valence-corrected chi connectivity index (χ2v) is 7.25. The summed E-state index contributed by atoms with van der Waals surface area (Å²) in [6.07, 6.45) is 7.42. The minimum absolute atomic E-state index is 0.270. The van der Waals surface area contributed by atoms with Gasteiger partial charge in [0.2, 0.25) is 12.7 Å². The number of hydrogen-bond donors (Lipinski definition) is 0. The van der Waals surface area contributed by atoms with E-state index in [-0.39, 0.29) is 6.79 Å². The number of ether oxygens (including phenoxy) is 2. The lowest BCUT2D eigenvalue weighted by Crippen LogP contribution is -2.18. The van der Waals surface area contributed by atoms with E-state index < -0.39 is 0 Å². The molecule has 0 amide bonds. The number of hydrogen-bond acceptors (Lipinski definition) is 7. The van der Waals surface area contributed by atoms with Crippen LogP contribution in [0.15, 0.2) is 41.8 Å². The average molecular weight is 367 g/mol. The number of thioether (sulfide) groups is 1. The monoisotopic (exact) mass is 367 g/mol. The molecule has 3 aromatic rings. The fourth-order valence-corrected chi connectivity index (χ4v) is 4.26. The van der Waals surface area contributed by atoms with Gasteiger partial charge >= 0.3 is 0 Å². The Hall–Kier alpha value is -2.74. The molecule has 2 aliphatic heterocycles. The van der Waals surface area contributed by atoms with Crippen LogP contribution in [0.5, 0.6) is 11.5 Å². The van der Waals surface area contributed by atoms with Gasteiger partial charge in [-0.3, -0.25) is 4.57 Å². The first kappa shape index (κ1) is 15.5. The first-order valence-corrected chi connectivity index (χ1v) is 9.43. The standard InChI is InChI=1S/C18H17N5O2S/c1-22(12-4-5-14-15(9-12)25-11-24-14)17-16-13(3-2-8-26-16)20-18(21-17)23-7-6-19-10-23/h4-7,9-10H,2-3,8,11H2,1H3. The summed E-state index contributed by atoms with van der Waals surface area (Å²) in [6, 6.07) is 5.94. The van der Waals surface area contributed by atoms with E-state index in [4.69, 9.17) is 19.4 Å². The maximum absolute atomic E-state index is 5.52. The zero-order chi connectivity index (χ0) is 17.5. The Morgan fingerprint density at radius 1 is 1.19 bits per heavy atom. The van der Waals surface area contributed by atoms with Crippen LogP contribution in [-0.2, 0) is 6.42 Å². The molecule has 0 aliphatic carbocycles. The van der Waals surface area contributed by atoms with E-state index in [1.807, 2.05) is 47.8 Å². The molecule has 0 unspecified atom stereocenters. The van der Waals surface area contributed by atoms with Crippen molar-refractivity contribution in [3.63, 3.8) is 0 Å². The van der Waals surface area contributed by atoms with E-state index in [1.165, 1.54) is 0 Å². The van der Waals surface area contributed by atoms with Gasteiger partial charge in [-0.25, -0.2) is 9.97 Å². The zero-order valence-electron chi connectivity index (χ0n) is 14.3. The predicted octanol–water partition coefficient (Wildman–Crippen LogP) is 3.20. The molecule has 4 heterocycles. The van der Waals surface area contributed by atoms with Gasteiger partial charge in [0.15, 0.2) is 17.3 Å². The lowest BCUT2D eigenvalue weighted by atomic mass is 10.2. The van der Waals surface area contributed by atoms with Gasteiger partial charge in [-0.2, -0.15) is 4.98 Å². The summed E-state index contributed by atoms with van der Waals surface area (Å²) < 4.78 is 12.8. The van der Waals surface area contributed by atoms with Crippen LogP contribution in [0.2, 0.25) is 0 Å². The van der Waals surface area contributed by atoms with Gasteiger partial charge in [0.1, 0.15) is 6.33 Å². The van der Waals surface area contributed by atoms with E-state index in [0.29, 0.717) is 5.95 Å². The van der Waals surface area contributed by atoms with Crippen molar-refractivity contribution in [2.24, 2.45) is 0 Å². The molecule has 132 valence electrons. The Morgan fingerprint density at radius 3 is 3.00 bits per heavy atom. The summed E-state index contributed by atoms with van der Waals surface area (Å²) in [5.74, 6) is 4.18. The summed E-state index contributed by atoms with van der Waals surface area (Å²) in [4.78, 5) is 17.0. The molecule has 0 spiro atoms. The van der Waals surface area contributed by atoms with Gasteiger partial charge in [-0.05, 0) is 30.7 Å². The van der Waals surface area contributed by atoms with Crippen molar-refractivity contribution >= 4 is 23.3 Å². The highest BCUT2D eigenvalue weighted by Gasteiger charge is 2.23. The van der Waals surface area contributed by atoms with Crippen LogP contribution < -0.4 is 14.4 Å². The molecule has 0 N–H and O–H groups in total. The lowest BCUT2D eigenvalue weighted by molar-refractivity contribution is 0.174. The molecule has 0 atom stereocenters. The lowest BCUT2D eigenvalue weighted by Gasteiger charge is -2.25. The summed E-state index contributed by atoms with van der Waals surface area (Å²) in [5.41, 5.74) is 2.10. The van der Waals surface area contributed by atoms with Crippen molar-refractivity contribution in [3.05, 3.63) is 42.6 Å². The molecule has 5 rings (SSSR count). The highest BCUT2D eigenvalue weighted by Crippen LogP contribution is 2.41. The van der Waals surface area contributed by atoms with Crippen molar-refractivity contribution in [2.45, 2.75) is 17.7 Å². The Kier molecular flexibility index (Phi) is 3.70. The van der Waals surface area contributed by atoms with Gasteiger partial charge in [0.05, 0.1) is 10.6 Å². The first-order chi connectivity index (χ1) is 12.8. The molecule has 2 aliphatic rings. The number of imidazole rings is 1. The summed E-state index contributed by atoms with van der Waals surface area (Å²) in [5, 5.41) is 0. The minimum atomic E-state index is 0.270. The molecule has 0 bridgehead atoms. The number of rotatable bonds is 3. The number of anilines is 2. The average Bonchev–Trinajstić information content (AvgIpc) is 3.37. The number of fused-ring (bicyclic) bond motifs is 2.